The molecule has 0 aromatic heterocycles. The number of carboxylic acids is 1. The topological polar surface area (TPSA) is 80.4 Å². The Bertz CT molecular complexity index is 452. The molecule has 0 spiro atoms. The molecule has 5 nitrogen and oxygen atoms in total. The number of benzene rings is 1. The molecule has 17 heavy (non-hydrogen) atoms. The number of nitro groups is 1. The Labute approximate surface area is 107 Å². The monoisotopic (exact) mass is 275 g/mol. The molecule has 0 aliphatic carbocycles. The zero-order chi connectivity index (χ0) is 13.0. The van der Waals surface area contributed by atoms with Crippen LogP contribution in [0.5, 0.6) is 0 Å². The minimum absolute atomic E-state index is 0.0971. The number of thioether (sulfide) groups is 1. The second-order valence-corrected chi connectivity index (χ2v) is 4.92. The summed E-state index contributed by atoms with van der Waals surface area (Å²) in [6.07, 6.45) is 0. The largest absolute Gasteiger partial charge is 0.481 e. The summed E-state index contributed by atoms with van der Waals surface area (Å²) in [5.74, 6) is -1.21. The maximum Gasteiger partial charge on any atom is 0.307 e. The lowest BCUT2D eigenvalue weighted by Crippen LogP contribution is -2.11. The number of rotatable bonds is 5. The first-order chi connectivity index (χ1) is 7.91. The van der Waals surface area contributed by atoms with Crippen molar-refractivity contribution in [2.24, 2.45) is 5.92 Å². The first kappa shape index (κ1) is 13.8. The van der Waals surface area contributed by atoms with Crippen LogP contribution in [0, 0.1) is 16.0 Å². The molecule has 1 atom stereocenters. The van der Waals surface area contributed by atoms with Crippen LogP contribution < -0.4 is 0 Å². The standard InChI is InChI=1S/C10H10ClNO4S/c1-6(10(13)14)5-17-9-3-2-7(11)4-8(9)12(15)16/h2-4,6H,5H2,1H3,(H,13,14). The number of carbonyl (C=O) groups is 1. The Morgan fingerprint density at radius 3 is 2.82 bits per heavy atom. The van der Waals surface area contributed by atoms with E-state index in [2.05, 4.69) is 0 Å². The first-order valence-corrected chi connectivity index (χ1v) is 6.07. The highest BCUT2D eigenvalue weighted by atomic mass is 35.5. The van der Waals surface area contributed by atoms with Gasteiger partial charge in [0.05, 0.1) is 15.7 Å². The number of nitro benzene ring substituents is 1. The van der Waals surface area contributed by atoms with Crippen LogP contribution in [0.1, 0.15) is 6.92 Å². The molecule has 0 heterocycles. The highest BCUT2D eigenvalue weighted by molar-refractivity contribution is 7.99. The fourth-order valence-corrected chi connectivity index (χ4v) is 2.23. The van der Waals surface area contributed by atoms with Gasteiger partial charge in [-0.1, -0.05) is 18.5 Å². The minimum Gasteiger partial charge on any atom is -0.481 e. The highest BCUT2D eigenvalue weighted by Crippen LogP contribution is 2.32. The minimum atomic E-state index is -0.922. The van der Waals surface area contributed by atoms with Crippen LogP contribution >= 0.6 is 23.4 Å². The number of hydrogen-bond acceptors (Lipinski definition) is 4. The van der Waals surface area contributed by atoms with Gasteiger partial charge in [0.25, 0.3) is 5.69 Å². The van der Waals surface area contributed by atoms with Crippen molar-refractivity contribution in [1.29, 1.82) is 0 Å². The number of hydrogen-bond donors (Lipinski definition) is 1. The van der Waals surface area contributed by atoms with Crippen LogP contribution in [0.2, 0.25) is 5.02 Å². The molecule has 0 aliphatic rings. The lowest BCUT2D eigenvalue weighted by molar-refractivity contribution is -0.387. The second-order valence-electron chi connectivity index (χ2n) is 3.42. The van der Waals surface area contributed by atoms with Gasteiger partial charge in [-0.05, 0) is 12.1 Å². The Balaban J connectivity index is 2.84. The third kappa shape index (κ3) is 3.90. The van der Waals surface area contributed by atoms with Crippen LogP contribution in [0.3, 0.4) is 0 Å². The van der Waals surface area contributed by atoms with Crippen molar-refractivity contribution < 1.29 is 14.8 Å². The van der Waals surface area contributed by atoms with Crippen molar-refractivity contribution >= 4 is 35.0 Å². The average molecular weight is 276 g/mol. The van der Waals surface area contributed by atoms with Crippen LogP contribution in [-0.2, 0) is 4.79 Å². The fraction of sp³-hybridized carbons (Fsp3) is 0.300. The quantitative estimate of drug-likeness (QED) is 0.507. The van der Waals surface area contributed by atoms with Crippen LogP contribution in [0.15, 0.2) is 23.1 Å². The van der Waals surface area contributed by atoms with E-state index in [0.29, 0.717) is 4.90 Å². The lowest BCUT2D eigenvalue weighted by Gasteiger charge is -2.06. The zero-order valence-corrected chi connectivity index (χ0v) is 10.5. The molecular weight excluding hydrogens is 266 g/mol. The summed E-state index contributed by atoms with van der Waals surface area (Å²) in [7, 11) is 0. The third-order valence-electron chi connectivity index (χ3n) is 2.03. The van der Waals surface area contributed by atoms with E-state index in [4.69, 9.17) is 16.7 Å². The number of aliphatic carboxylic acids is 1. The highest BCUT2D eigenvalue weighted by Gasteiger charge is 2.17. The maximum absolute atomic E-state index is 10.8. The number of halogens is 1. The van der Waals surface area contributed by atoms with E-state index in [-0.39, 0.29) is 16.5 Å². The normalized spacial score (nSPS) is 12.1. The number of nitrogens with zero attached hydrogens (tertiary/aromatic N) is 1. The molecule has 0 saturated heterocycles. The fourth-order valence-electron chi connectivity index (χ4n) is 1.04. The van der Waals surface area contributed by atoms with Gasteiger partial charge in [-0.2, -0.15) is 0 Å². The van der Waals surface area contributed by atoms with E-state index in [1.165, 1.54) is 12.1 Å². The Hall–Kier alpha value is -1.27. The van der Waals surface area contributed by atoms with E-state index in [0.717, 1.165) is 11.8 Å². The van der Waals surface area contributed by atoms with Gasteiger partial charge in [0.15, 0.2) is 0 Å². The molecule has 1 N–H and O–H groups in total. The third-order valence-corrected chi connectivity index (χ3v) is 3.59. The van der Waals surface area contributed by atoms with Crippen molar-refractivity contribution in [2.45, 2.75) is 11.8 Å². The molecule has 7 heteroatoms. The Morgan fingerprint density at radius 1 is 1.65 bits per heavy atom. The van der Waals surface area contributed by atoms with Crippen LogP contribution in [0.4, 0.5) is 5.69 Å². The molecule has 0 fully saturated rings. The van der Waals surface area contributed by atoms with Gasteiger partial charge in [-0.3, -0.25) is 14.9 Å². The van der Waals surface area contributed by atoms with Gasteiger partial charge in [0.2, 0.25) is 0 Å². The Morgan fingerprint density at radius 2 is 2.29 bits per heavy atom. The lowest BCUT2D eigenvalue weighted by atomic mass is 10.2. The van der Waals surface area contributed by atoms with Gasteiger partial charge >= 0.3 is 5.97 Å². The predicted octanol–water partition coefficient (Wildman–Crippen LogP) is 3.06. The molecule has 0 radical (unpaired) electrons. The summed E-state index contributed by atoms with van der Waals surface area (Å²) >= 11 is 6.81. The molecule has 1 rings (SSSR count). The summed E-state index contributed by atoms with van der Waals surface area (Å²) in [5.41, 5.74) is -0.0971. The summed E-state index contributed by atoms with van der Waals surface area (Å²) in [6.45, 7) is 1.55. The molecule has 1 aromatic carbocycles. The predicted molar refractivity (Wildman–Crippen MR) is 65.6 cm³/mol. The van der Waals surface area contributed by atoms with Crippen molar-refractivity contribution in [3.05, 3.63) is 33.3 Å². The molecule has 92 valence electrons. The van der Waals surface area contributed by atoms with Crippen LogP contribution in [-0.4, -0.2) is 21.8 Å². The molecule has 0 amide bonds. The van der Waals surface area contributed by atoms with Crippen molar-refractivity contribution in [1.82, 2.24) is 0 Å². The zero-order valence-electron chi connectivity index (χ0n) is 8.92. The molecule has 1 aromatic rings. The molecule has 1 unspecified atom stereocenters. The summed E-state index contributed by atoms with van der Waals surface area (Å²) in [5, 5.41) is 19.8. The summed E-state index contributed by atoms with van der Waals surface area (Å²) in [4.78, 5) is 21.3. The first-order valence-electron chi connectivity index (χ1n) is 4.71. The van der Waals surface area contributed by atoms with Crippen LogP contribution in [0.25, 0.3) is 0 Å². The van der Waals surface area contributed by atoms with E-state index in [9.17, 15) is 14.9 Å². The van der Waals surface area contributed by atoms with E-state index >= 15 is 0 Å². The van der Waals surface area contributed by atoms with Gasteiger partial charge in [-0.15, -0.1) is 11.8 Å². The average Bonchev–Trinajstić information content (AvgIpc) is 2.26. The van der Waals surface area contributed by atoms with Gasteiger partial charge in [-0.25, -0.2) is 0 Å². The van der Waals surface area contributed by atoms with E-state index < -0.39 is 16.8 Å². The molecular formula is C10H10ClNO4S. The van der Waals surface area contributed by atoms with E-state index in [1.807, 2.05) is 0 Å². The molecule has 0 saturated carbocycles. The smallest absolute Gasteiger partial charge is 0.307 e. The van der Waals surface area contributed by atoms with E-state index in [1.54, 1.807) is 13.0 Å². The SMILES string of the molecule is CC(CSc1ccc(Cl)cc1[N+](=O)[O-])C(=O)O. The van der Waals surface area contributed by atoms with Gasteiger partial charge in [0, 0.05) is 16.8 Å². The number of carboxylic acid groups (broad SMARTS) is 1. The summed E-state index contributed by atoms with van der Waals surface area (Å²) in [6, 6.07) is 4.33. The molecule has 0 aliphatic heterocycles. The van der Waals surface area contributed by atoms with Gasteiger partial charge < -0.3 is 5.11 Å². The summed E-state index contributed by atoms with van der Waals surface area (Å²) < 4.78 is 0. The Kier molecular flexibility index (Phi) is 4.77. The van der Waals surface area contributed by atoms with Crippen molar-refractivity contribution in [2.75, 3.05) is 5.75 Å². The van der Waals surface area contributed by atoms with Gasteiger partial charge in [0.1, 0.15) is 0 Å². The second kappa shape index (κ2) is 5.88. The van der Waals surface area contributed by atoms with Crippen molar-refractivity contribution in [3.8, 4) is 0 Å². The van der Waals surface area contributed by atoms with Crippen molar-refractivity contribution in [3.63, 3.8) is 0 Å². The maximum atomic E-state index is 10.8. The molecule has 0 bridgehead atoms.